The summed E-state index contributed by atoms with van der Waals surface area (Å²) in [5.74, 6) is 0.711. The van der Waals surface area contributed by atoms with Gasteiger partial charge in [0.15, 0.2) is 0 Å². The van der Waals surface area contributed by atoms with Crippen molar-refractivity contribution >= 4 is 5.69 Å². The lowest BCUT2D eigenvalue weighted by Crippen LogP contribution is -2.37. The molecule has 1 saturated heterocycles. The minimum Gasteiger partial charge on any atom is -0.384 e. The molecule has 0 aliphatic carbocycles. The fourth-order valence-electron chi connectivity index (χ4n) is 3.44. The predicted octanol–water partition coefficient (Wildman–Crippen LogP) is 3.19. The van der Waals surface area contributed by atoms with E-state index in [-0.39, 0.29) is 0 Å². The topological polar surface area (TPSA) is 15.3 Å². The Hall–Kier alpha value is -1.02. The van der Waals surface area contributed by atoms with Crippen LogP contribution >= 0.6 is 0 Å². The first-order valence-electron chi connectivity index (χ1n) is 6.85. The Kier molecular flexibility index (Phi) is 2.83. The van der Waals surface area contributed by atoms with E-state index in [9.17, 15) is 0 Å². The number of fused-ring (bicyclic) bond motifs is 1. The van der Waals surface area contributed by atoms with Gasteiger partial charge in [0.25, 0.3) is 0 Å². The predicted molar refractivity (Wildman–Crippen MR) is 72.4 cm³/mol. The molecule has 0 spiro atoms. The summed E-state index contributed by atoms with van der Waals surface area (Å²) in [4.78, 5) is 2.68. The monoisotopic (exact) mass is 230 g/mol. The Balaban J connectivity index is 2.00. The highest BCUT2D eigenvalue weighted by atomic mass is 15.2. The lowest BCUT2D eigenvalue weighted by Gasteiger charge is -2.39. The first kappa shape index (κ1) is 11.1. The van der Waals surface area contributed by atoms with Gasteiger partial charge in [-0.3, -0.25) is 4.90 Å². The maximum absolute atomic E-state index is 3.61. The normalized spacial score (nSPS) is 28.8. The minimum absolute atomic E-state index is 0.633. The van der Waals surface area contributed by atoms with Crippen LogP contribution < -0.4 is 5.32 Å². The molecule has 0 amide bonds. The number of hydrogen-bond acceptors (Lipinski definition) is 2. The molecule has 0 aromatic heterocycles. The van der Waals surface area contributed by atoms with Gasteiger partial charge in [0.1, 0.15) is 0 Å². The number of hydrogen-bond donors (Lipinski definition) is 1. The molecule has 1 aromatic rings. The third-order valence-electron chi connectivity index (χ3n) is 4.30. The Morgan fingerprint density at radius 1 is 1.24 bits per heavy atom. The highest BCUT2D eigenvalue weighted by Crippen LogP contribution is 2.40. The molecule has 2 aliphatic rings. The zero-order valence-electron chi connectivity index (χ0n) is 10.9. The largest absolute Gasteiger partial charge is 0.384 e. The number of likely N-dealkylation sites (tertiary alicyclic amines) is 1. The van der Waals surface area contributed by atoms with E-state index in [4.69, 9.17) is 0 Å². The van der Waals surface area contributed by atoms with Crippen molar-refractivity contribution < 1.29 is 0 Å². The lowest BCUT2D eigenvalue weighted by molar-refractivity contribution is 0.185. The molecule has 0 saturated carbocycles. The van der Waals surface area contributed by atoms with Crippen LogP contribution in [0.3, 0.4) is 0 Å². The van der Waals surface area contributed by atoms with Crippen LogP contribution in [0.4, 0.5) is 5.69 Å². The van der Waals surface area contributed by atoms with Gasteiger partial charge in [0, 0.05) is 18.3 Å². The summed E-state index contributed by atoms with van der Waals surface area (Å²) in [6.07, 6.45) is 2.75. The molecule has 2 atom stereocenters. The van der Waals surface area contributed by atoms with Crippen molar-refractivity contribution in [1.82, 2.24) is 4.90 Å². The maximum atomic E-state index is 3.61. The van der Waals surface area contributed by atoms with Gasteiger partial charge in [-0.05, 0) is 49.9 Å². The zero-order chi connectivity index (χ0) is 11.8. The van der Waals surface area contributed by atoms with Gasteiger partial charge in [-0.25, -0.2) is 0 Å². The number of para-hydroxylation sites is 1. The summed E-state index contributed by atoms with van der Waals surface area (Å²) in [5.41, 5.74) is 4.30. The van der Waals surface area contributed by atoms with E-state index < -0.39 is 0 Å². The summed E-state index contributed by atoms with van der Waals surface area (Å²) in [6, 6.07) is 7.36. The molecule has 1 N–H and O–H groups in total. The van der Waals surface area contributed by atoms with Gasteiger partial charge in [-0.15, -0.1) is 0 Å². The highest BCUT2D eigenvalue weighted by Gasteiger charge is 2.32. The second-order valence-electron chi connectivity index (χ2n) is 5.59. The molecule has 0 bridgehead atoms. The number of nitrogens with zero attached hydrogens (tertiary/aromatic N) is 1. The van der Waals surface area contributed by atoms with Crippen LogP contribution in [0, 0.1) is 12.8 Å². The van der Waals surface area contributed by atoms with E-state index in [1.165, 1.54) is 42.7 Å². The number of nitrogens with one attached hydrogen (secondary N) is 1. The van der Waals surface area contributed by atoms with Crippen molar-refractivity contribution in [3.05, 3.63) is 29.3 Å². The molecule has 2 heteroatoms. The Morgan fingerprint density at radius 3 is 2.76 bits per heavy atom. The highest BCUT2D eigenvalue weighted by molar-refractivity contribution is 5.60. The third-order valence-corrected chi connectivity index (χ3v) is 4.30. The second kappa shape index (κ2) is 4.34. The van der Waals surface area contributed by atoms with Gasteiger partial charge >= 0.3 is 0 Å². The summed E-state index contributed by atoms with van der Waals surface area (Å²) < 4.78 is 0. The second-order valence-corrected chi connectivity index (χ2v) is 5.59. The number of aryl methyl sites for hydroxylation is 1. The molecule has 2 aliphatic heterocycles. The third kappa shape index (κ3) is 1.85. The average molecular weight is 230 g/mol. The fourth-order valence-corrected chi connectivity index (χ4v) is 3.44. The van der Waals surface area contributed by atoms with Crippen LogP contribution in [0.2, 0.25) is 0 Å². The Labute approximate surface area is 104 Å². The number of benzene rings is 1. The summed E-state index contributed by atoms with van der Waals surface area (Å²) >= 11 is 0. The van der Waals surface area contributed by atoms with Gasteiger partial charge in [0.2, 0.25) is 0 Å². The van der Waals surface area contributed by atoms with E-state index in [1.54, 1.807) is 0 Å². The van der Waals surface area contributed by atoms with Crippen molar-refractivity contribution in [2.45, 2.75) is 32.7 Å². The Morgan fingerprint density at radius 2 is 2.00 bits per heavy atom. The molecule has 2 nitrogen and oxygen atoms in total. The van der Waals surface area contributed by atoms with Gasteiger partial charge in [-0.2, -0.15) is 0 Å². The van der Waals surface area contributed by atoms with Gasteiger partial charge < -0.3 is 5.32 Å². The number of anilines is 1. The van der Waals surface area contributed by atoms with E-state index in [0.29, 0.717) is 12.0 Å². The molecule has 0 radical (unpaired) electrons. The molecule has 2 heterocycles. The molecular weight excluding hydrogens is 208 g/mol. The van der Waals surface area contributed by atoms with E-state index in [2.05, 4.69) is 42.3 Å². The fraction of sp³-hybridized carbons (Fsp3) is 0.600. The van der Waals surface area contributed by atoms with Crippen LogP contribution in [0.25, 0.3) is 0 Å². The maximum Gasteiger partial charge on any atom is 0.0418 e. The van der Waals surface area contributed by atoms with Crippen LogP contribution in [-0.2, 0) is 0 Å². The Bertz CT molecular complexity index is 407. The summed E-state index contributed by atoms with van der Waals surface area (Å²) in [7, 11) is 0. The molecule has 1 aromatic carbocycles. The molecular formula is C15H22N2. The van der Waals surface area contributed by atoms with Crippen molar-refractivity contribution in [2.75, 3.05) is 25.0 Å². The van der Waals surface area contributed by atoms with Crippen LogP contribution in [0.15, 0.2) is 18.2 Å². The molecule has 2 unspecified atom stereocenters. The van der Waals surface area contributed by atoms with Crippen molar-refractivity contribution in [1.29, 1.82) is 0 Å². The molecule has 17 heavy (non-hydrogen) atoms. The summed E-state index contributed by atoms with van der Waals surface area (Å²) in [5, 5.41) is 3.61. The van der Waals surface area contributed by atoms with Crippen LogP contribution in [0.1, 0.15) is 36.9 Å². The zero-order valence-corrected chi connectivity index (χ0v) is 10.9. The lowest BCUT2D eigenvalue weighted by atomic mass is 9.87. The quantitative estimate of drug-likeness (QED) is 0.797. The summed E-state index contributed by atoms with van der Waals surface area (Å²) in [6.45, 7) is 8.26. The molecule has 3 rings (SSSR count). The van der Waals surface area contributed by atoms with E-state index in [1.807, 2.05) is 0 Å². The molecule has 1 fully saturated rings. The first-order chi connectivity index (χ1) is 8.27. The first-order valence-corrected chi connectivity index (χ1v) is 6.85. The van der Waals surface area contributed by atoms with Gasteiger partial charge in [0.05, 0.1) is 0 Å². The van der Waals surface area contributed by atoms with Crippen molar-refractivity contribution in [2.24, 2.45) is 5.92 Å². The van der Waals surface area contributed by atoms with E-state index in [0.717, 1.165) is 6.54 Å². The van der Waals surface area contributed by atoms with Gasteiger partial charge in [-0.1, -0.05) is 25.1 Å². The smallest absolute Gasteiger partial charge is 0.0418 e. The van der Waals surface area contributed by atoms with E-state index >= 15 is 0 Å². The standard InChI is InChI=1S/C15H22N2/c1-11-6-5-7-13-14(11)16-10-12(2)15(13)17-8-3-4-9-17/h5-7,12,15-16H,3-4,8-10H2,1-2H3. The van der Waals surface area contributed by atoms with Crippen LogP contribution in [0.5, 0.6) is 0 Å². The number of rotatable bonds is 1. The minimum atomic E-state index is 0.633. The SMILES string of the molecule is Cc1cccc2c1NCC(C)C2N1CCCC1. The molecule has 92 valence electrons. The van der Waals surface area contributed by atoms with Crippen molar-refractivity contribution in [3.8, 4) is 0 Å². The van der Waals surface area contributed by atoms with Crippen LogP contribution in [-0.4, -0.2) is 24.5 Å². The average Bonchev–Trinajstić information content (AvgIpc) is 2.82. The van der Waals surface area contributed by atoms with Crippen molar-refractivity contribution in [3.63, 3.8) is 0 Å².